The highest BCUT2D eigenvalue weighted by molar-refractivity contribution is 7.07. The maximum absolute atomic E-state index is 11.7. The molecule has 2 amide bonds. The van der Waals surface area contributed by atoms with Gasteiger partial charge in [0.1, 0.15) is 0 Å². The molecule has 104 valence electrons. The van der Waals surface area contributed by atoms with E-state index in [-0.39, 0.29) is 10.6 Å². The highest BCUT2D eigenvalue weighted by atomic mass is 35.5. The first-order valence-electron chi connectivity index (χ1n) is 5.65. The fourth-order valence-electron chi connectivity index (χ4n) is 1.49. The molecular weight excluding hydrogens is 300 g/mol. The fourth-order valence-corrected chi connectivity index (χ4v) is 2.39. The molecule has 3 N–H and O–H groups in total. The highest BCUT2D eigenvalue weighted by Gasteiger charge is 2.09. The molecule has 0 aliphatic heterocycles. The van der Waals surface area contributed by atoms with Gasteiger partial charge in [-0.25, -0.2) is 9.59 Å². The van der Waals surface area contributed by atoms with Crippen LogP contribution in [0.2, 0.25) is 5.02 Å². The molecule has 5 nitrogen and oxygen atoms in total. The van der Waals surface area contributed by atoms with Gasteiger partial charge in [-0.1, -0.05) is 11.6 Å². The average molecular weight is 311 g/mol. The predicted octanol–water partition coefficient (Wildman–Crippen LogP) is 3.42. The number of hydrogen-bond donors (Lipinski definition) is 3. The van der Waals surface area contributed by atoms with Crippen LogP contribution in [0.4, 0.5) is 10.5 Å². The Hall–Kier alpha value is -2.05. The smallest absolute Gasteiger partial charge is 0.335 e. The van der Waals surface area contributed by atoms with Crippen LogP contribution in [0, 0.1) is 0 Å². The van der Waals surface area contributed by atoms with Crippen molar-refractivity contribution in [3.05, 3.63) is 51.2 Å². The van der Waals surface area contributed by atoms with E-state index in [0.717, 1.165) is 5.56 Å². The third-order valence-electron chi connectivity index (χ3n) is 2.50. The Morgan fingerprint density at radius 3 is 2.70 bits per heavy atom. The number of rotatable bonds is 4. The summed E-state index contributed by atoms with van der Waals surface area (Å²) in [6, 6.07) is 5.64. The van der Waals surface area contributed by atoms with Crippen molar-refractivity contribution in [1.82, 2.24) is 5.32 Å². The minimum atomic E-state index is -1.07. The normalized spacial score (nSPS) is 10.1. The molecule has 20 heavy (non-hydrogen) atoms. The summed E-state index contributed by atoms with van der Waals surface area (Å²) in [5, 5.41) is 18.1. The lowest BCUT2D eigenvalue weighted by atomic mass is 10.2. The van der Waals surface area contributed by atoms with Crippen molar-refractivity contribution in [2.45, 2.75) is 6.54 Å². The summed E-state index contributed by atoms with van der Waals surface area (Å²) >= 11 is 7.47. The monoisotopic (exact) mass is 310 g/mol. The fraction of sp³-hybridized carbons (Fsp3) is 0.0769. The topological polar surface area (TPSA) is 78.4 Å². The van der Waals surface area contributed by atoms with Gasteiger partial charge in [0, 0.05) is 6.54 Å². The van der Waals surface area contributed by atoms with Crippen LogP contribution in [0.5, 0.6) is 0 Å². The van der Waals surface area contributed by atoms with Gasteiger partial charge in [0.2, 0.25) is 0 Å². The average Bonchev–Trinajstić information content (AvgIpc) is 2.91. The number of hydrogen-bond acceptors (Lipinski definition) is 3. The summed E-state index contributed by atoms with van der Waals surface area (Å²) in [6.07, 6.45) is 0. The molecule has 7 heteroatoms. The van der Waals surface area contributed by atoms with E-state index < -0.39 is 12.0 Å². The molecule has 0 spiro atoms. The summed E-state index contributed by atoms with van der Waals surface area (Å²) in [5.74, 6) is -1.07. The molecule has 0 radical (unpaired) electrons. The van der Waals surface area contributed by atoms with Crippen LogP contribution in [0.15, 0.2) is 35.0 Å². The summed E-state index contributed by atoms with van der Waals surface area (Å²) in [4.78, 5) is 22.4. The summed E-state index contributed by atoms with van der Waals surface area (Å²) < 4.78 is 0. The molecule has 2 rings (SSSR count). The third-order valence-corrected chi connectivity index (χ3v) is 3.54. The molecule has 0 fully saturated rings. The molecule has 1 aromatic carbocycles. The Kier molecular flexibility index (Phi) is 4.60. The van der Waals surface area contributed by atoms with Gasteiger partial charge in [0.15, 0.2) is 0 Å². The maximum atomic E-state index is 11.7. The van der Waals surface area contributed by atoms with Crippen LogP contribution in [-0.2, 0) is 6.54 Å². The van der Waals surface area contributed by atoms with Crippen molar-refractivity contribution in [1.29, 1.82) is 0 Å². The van der Waals surface area contributed by atoms with E-state index >= 15 is 0 Å². The molecular formula is C13H11ClN2O3S. The van der Waals surface area contributed by atoms with Crippen LogP contribution in [0.3, 0.4) is 0 Å². The number of nitrogens with one attached hydrogen (secondary N) is 2. The molecule has 0 atom stereocenters. The zero-order valence-corrected chi connectivity index (χ0v) is 11.8. The second kappa shape index (κ2) is 6.40. The van der Waals surface area contributed by atoms with Gasteiger partial charge >= 0.3 is 12.0 Å². The van der Waals surface area contributed by atoms with Gasteiger partial charge in [-0.3, -0.25) is 0 Å². The highest BCUT2D eigenvalue weighted by Crippen LogP contribution is 2.23. The van der Waals surface area contributed by atoms with Crippen molar-refractivity contribution in [2.24, 2.45) is 0 Å². The van der Waals surface area contributed by atoms with E-state index in [1.165, 1.54) is 18.2 Å². The van der Waals surface area contributed by atoms with Crippen LogP contribution in [0.25, 0.3) is 0 Å². The van der Waals surface area contributed by atoms with Crippen molar-refractivity contribution in [3.63, 3.8) is 0 Å². The van der Waals surface area contributed by atoms with Crippen LogP contribution in [0.1, 0.15) is 15.9 Å². The van der Waals surface area contributed by atoms with Gasteiger partial charge in [0.25, 0.3) is 0 Å². The third kappa shape index (κ3) is 3.72. The molecule has 0 saturated heterocycles. The Morgan fingerprint density at radius 1 is 1.30 bits per heavy atom. The second-order valence-electron chi connectivity index (χ2n) is 3.94. The predicted molar refractivity (Wildman–Crippen MR) is 78.6 cm³/mol. The first-order chi connectivity index (χ1) is 9.56. The van der Waals surface area contributed by atoms with Crippen LogP contribution < -0.4 is 10.6 Å². The van der Waals surface area contributed by atoms with Gasteiger partial charge in [0.05, 0.1) is 16.3 Å². The number of amides is 2. The lowest BCUT2D eigenvalue weighted by molar-refractivity contribution is 0.0697. The number of carboxylic acid groups (broad SMARTS) is 1. The number of carbonyl (C=O) groups excluding carboxylic acids is 1. The van der Waals surface area contributed by atoms with E-state index in [9.17, 15) is 9.59 Å². The zero-order chi connectivity index (χ0) is 14.5. The van der Waals surface area contributed by atoms with E-state index in [1.54, 1.807) is 11.3 Å². The summed E-state index contributed by atoms with van der Waals surface area (Å²) in [7, 11) is 0. The lowest BCUT2D eigenvalue weighted by Gasteiger charge is -2.09. The largest absolute Gasteiger partial charge is 0.478 e. The SMILES string of the molecule is O=C(NCc1ccsc1)Nc1ccc(C(=O)O)cc1Cl. The Balaban J connectivity index is 1.95. The van der Waals surface area contributed by atoms with Gasteiger partial charge in [-0.15, -0.1) is 0 Å². The number of carbonyl (C=O) groups is 2. The van der Waals surface area contributed by atoms with Gasteiger partial charge in [-0.2, -0.15) is 11.3 Å². The van der Waals surface area contributed by atoms with Gasteiger partial charge in [-0.05, 0) is 40.6 Å². The second-order valence-corrected chi connectivity index (χ2v) is 5.13. The molecule has 0 saturated carbocycles. The minimum Gasteiger partial charge on any atom is -0.478 e. The van der Waals surface area contributed by atoms with E-state index in [4.69, 9.17) is 16.7 Å². The zero-order valence-electron chi connectivity index (χ0n) is 10.2. The first-order valence-corrected chi connectivity index (χ1v) is 6.97. The van der Waals surface area contributed by atoms with E-state index in [2.05, 4.69) is 10.6 Å². The van der Waals surface area contributed by atoms with Gasteiger partial charge < -0.3 is 15.7 Å². The van der Waals surface area contributed by atoms with Crippen molar-refractivity contribution in [2.75, 3.05) is 5.32 Å². The van der Waals surface area contributed by atoms with Crippen molar-refractivity contribution >= 4 is 40.6 Å². The van der Waals surface area contributed by atoms with Crippen molar-refractivity contribution < 1.29 is 14.7 Å². The Labute approximate surface area is 124 Å². The minimum absolute atomic E-state index is 0.0687. The molecule has 1 aromatic heterocycles. The number of anilines is 1. The van der Waals surface area contributed by atoms with Crippen LogP contribution >= 0.6 is 22.9 Å². The molecule has 0 unspecified atom stereocenters. The number of thiophene rings is 1. The molecule has 0 aliphatic carbocycles. The summed E-state index contributed by atoms with van der Waals surface area (Å²) in [6.45, 7) is 0.417. The standard InChI is InChI=1S/C13H11ClN2O3S/c14-10-5-9(12(17)18)1-2-11(10)16-13(19)15-6-8-3-4-20-7-8/h1-5,7H,6H2,(H,17,18)(H2,15,16,19). The molecule has 2 aromatic rings. The number of halogens is 1. The lowest BCUT2D eigenvalue weighted by Crippen LogP contribution is -2.28. The number of carboxylic acids is 1. The number of benzene rings is 1. The van der Waals surface area contributed by atoms with E-state index in [0.29, 0.717) is 12.2 Å². The molecule has 0 aliphatic rings. The first kappa shape index (κ1) is 14.4. The van der Waals surface area contributed by atoms with Crippen molar-refractivity contribution in [3.8, 4) is 0 Å². The van der Waals surface area contributed by atoms with E-state index in [1.807, 2.05) is 16.8 Å². The van der Waals surface area contributed by atoms with Crippen LogP contribution in [-0.4, -0.2) is 17.1 Å². The number of urea groups is 1. The maximum Gasteiger partial charge on any atom is 0.335 e. The summed E-state index contributed by atoms with van der Waals surface area (Å²) in [5.41, 5.74) is 1.44. The Morgan fingerprint density at radius 2 is 2.10 bits per heavy atom. The molecule has 0 bridgehead atoms. The Bertz CT molecular complexity index is 629. The molecule has 1 heterocycles. The quantitative estimate of drug-likeness (QED) is 0.809. The number of aromatic carboxylic acids is 1.